The van der Waals surface area contributed by atoms with Crippen LogP contribution in [-0.2, 0) is 23.7 Å². The summed E-state index contributed by atoms with van der Waals surface area (Å²) in [5.74, 6) is 3.42. The van der Waals surface area contributed by atoms with Crippen LogP contribution in [0.5, 0.6) is 0 Å². The molecule has 0 N–H and O–H groups in total. The molecule has 15 rings (SSSR count). The predicted octanol–water partition coefficient (Wildman–Crippen LogP) is 29.6. The number of nitrogens with zero attached hydrogens (tertiary/aromatic N) is 2. The standard InChI is InChI=1S/C21H31N.C19H22.C18H25Cl.C18H22S.C14H21N.C10H14/c1-21(2,3)16-13-17(14-16)22-12-6-9-20(22)19-8-5-4-7-18(19)15-10-11-15;1-19(2,3)18-11-7-6-10-17(18)16-9-5-4-8-15(16)14-12-13-14;1-17(2,3)16-10-11-18(4,5)12-15(16)13-6-8-14(19)9-7-13;1-18(2,3)14-9-10-17-15(11-14)16(12-19-17)13-7-5-4-6-8-13;1-14(2,3)15-11-7-10-13(15)12-8-5-4-6-9-12;1-10(2,3)9-7-5-4-6-8-9/h4-5,7-8,15-17,20H,6,9-14H2,1-3H3;4-11,14H,12-13H2,1-3H3;6-9H,10-12H2,1-5H3;4-8,12,14H,9-11H2,1-3H3;4-6,8-9,13H,7,10-11H2,1-3H3;4-8H,1-3H3/t16?,17?,20-;;;;;/m0...../s1. The summed E-state index contributed by atoms with van der Waals surface area (Å²) >= 11 is 7.98. The van der Waals surface area contributed by atoms with Crippen LogP contribution < -0.4 is 0 Å². The van der Waals surface area contributed by atoms with Crippen molar-refractivity contribution in [2.45, 2.75) is 288 Å². The quantitative estimate of drug-likeness (QED) is 0.150. The first kappa shape index (κ1) is 80.7. The van der Waals surface area contributed by atoms with E-state index in [9.17, 15) is 0 Å². The summed E-state index contributed by atoms with van der Waals surface area (Å²) in [5, 5.41) is 3.18. The third-order valence-corrected chi connectivity index (χ3v) is 25.4. The highest BCUT2D eigenvalue weighted by Crippen LogP contribution is 2.53. The van der Waals surface area contributed by atoms with Gasteiger partial charge in [0, 0.05) is 33.6 Å². The van der Waals surface area contributed by atoms with Crippen LogP contribution in [-0.4, -0.2) is 34.5 Å². The Kier molecular flexibility index (Phi) is 26.5. The molecule has 2 aliphatic heterocycles. The zero-order valence-electron chi connectivity index (χ0n) is 68.4. The molecule has 0 spiro atoms. The molecule has 5 fully saturated rings. The van der Waals surface area contributed by atoms with Crippen LogP contribution in [0.25, 0.3) is 27.8 Å². The number of fused-ring (bicyclic) bond motifs is 1. The van der Waals surface area contributed by atoms with E-state index >= 15 is 0 Å². The first-order valence-electron chi connectivity index (χ1n) is 40.6. The van der Waals surface area contributed by atoms with Crippen molar-refractivity contribution in [1.82, 2.24) is 9.80 Å². The maximum Gasteiger partial charge on any atom is 0.0406 e. The number of thiophene rings is 1. The smallest absolute Gasteiger partial charge is 0.0406 e. The number of allylic oxidation sites excluding steroid dienone is 2. The summed E-state index contributed by atoms with van der Waals surface area (Å²) in [7, 11) is 0. The molecule has 8 aromatic rings. The van der Waals surface area contributed by atoms with Gasteiger partial charge in [0.25, 0.3) is 0 Å². The lowest BCUT2D eigenvalue weighted by Gasteiger charge is -2.49. The topological polar surface area (TPSA) is 6.48 Å². The summed E-state index contributed by atoms with van der Waals surface area (Å²) in [6, 6.07) is 70.0. The van der Waals surface area contributed by atoms with E-state index in [0.29, 0.717) is 33.7 Å². The summed E-state index contributed by atoms with van der Waals surface area (Å²) < 4.78 is 0. The van der Waals surface area contributed by atoms with Gasteiger partial charge in [0.15, 0.2) is 0 Å². The first-order chi connectivity index (χ1) is 49.0. The molecule has 0 bridgehead atoms. The Hall–Kier alpha value is -5.81. The number of likely N-dealkylation sites (tertiary alicyclic amines) is 2. The van der Waals surface area contributed by atoms with Gasteiger partial charge in [-0.25, -0.2) is 0 Å². The highest BCUT2D eigenvalue weighted by molar-refractivity contribution is 7.10. The van der Waals surface area contributed by atoms with E-state index < -0.39 is 0 Å². The second-order valence-electron chi connectivity index (χ2n) is 39.0. The largest absolute Gasteiger partial charge is 0.293 e. The second kappa shape index (κ2) is 34.2. The van der Waals surface area contributed by atoms with Crippen molar-refractivity contribution in [3.63, 3.8) is 0 Å². The van der Waals surface area contributed by atoms with Crippen LogP contribution in [0.2, 0.25) is 5.02 Å². The lowest BCUT2D eigenvalue weighted by molar-refractivity contribution is 0.0137. The van der Waals surface area contributed by atoms with E-state index in [4.69, 9.17) is 11.6 Å². The van der Waals surface area contributed by atoms with Crippen LogP contribution in [0, 0.1) is 33.5 Å². The van der Waals surface area contributed by atoms with E-state index in [0.717, 1.165) is 34.7 Å². The molecule has 558 valence electrons. The average molecular weight is 1430 g/mol. The summed E-state index contributed by atoms with van der Waals surface area (Å²) in [4.78, 5) is 7.12. The average Bonchev–Trinajstić information content (AvgIpc) is 1.65. The Morgan fingerprint density at radius 3 is 1.52 bits per heavy atom. The maximum atomic E-state index is 6.02. The van der Waals surface area contributed by atoms with Crippen LogP contribution in [0.4, 0.5) is 0 Å². The van der Waals surface area contributed by atoms with Crippen molar-refractivity contribution in [3.05, 3.63) is 253 Å². The molecule has 2 saturated heterocycles. The fourth-order valence-corrected chi connectivity index (χ4v) is 18.5. The van der Waals surface area contributed by atoms with Gasteiger partial charge in [0.2, 0.25) is 0 Å². The number of benzene rings is 7. The molecule has 2 nitrogen and oxygen atoms in total. The molecule has 3 heterocycles. The van der Waals surface area contributed by atoms with Crippen LogP contribution in [0.15, 0.2) is 199 Å². The van der Waals surface area contributed by atoms with Crippen LogP contribution >= 0.6 is 22.9 Å². The summed E-state index contributed by atoms with van der Waals surface area (Å²) in [5.41, 5.74) is 23.4. The zero-order chi connectivity index (χ0) is 75.0. The molecule has 0 radical (unpaired) electrons. The van der Waals surface area contributed by atoms with Gasteiger partial charge in [0.1, 0.15) is 0 Å². The Bertz CT molecular complexity index is 4000. The summed E-state index contributed by atoms with van der Waals surface area (Å²) in [6.45, 7) is 49.2. The number of hydrogen-bond donors (Lipinski definition) is 0. The second-order valence-corrected chi connectivity index (χ2v) is 40.4. The van der Waals surface area contributed by atoms with Gasteiger partial charge >= 0.3 is 0 Å². The van der Waals surface area contributed by atoms with Crippen molar-refractivity contribution in [2.24, 2.45) is 33.5 Å². The molecule has 3 atom stereocenters. The third-order valence-electron chi connectivity index (χ3n) is 24.0. The molecule has 4 heteroatoms. The van der Waals surface area contributed by atoms with Gasteiger partial charge in [-0.2, -0.15) is 0 Å². The fraction of sp³-hybridized carbons (Fsp3) is 0.520. The van der Waals surface area contributed by atoms with Crippen molar-refractivity contribution >= 4 is 28.5 Å². The maximum absolute atomic E-state index is 6.02. The molecular formula is C100H135ClN2S. The van der Waals surface area contributed by atoms with Crippen molar-refractivity contribution < 1.29 is 0 Å². The highest BCUT2D eigenvalue weighted by Gasteiger charge is 2.45. The minimum Gasteiger partial charge on any atom is -0.293 e. The van der Waals surface area contributed by atoms with Gasteiger partial charge in [-0.1, -0.05) is 311 Å². The number of rotatable bonds is 8. The van der Waals surface area contributed by atoms with E-state index in [2.05, 4.69) is 330 Å². The van der Waals surface area contributed by atoms with E-state index in [1.807, 2.05) is 23.5 Å². The molecule has 3 saturated carbocycles. The molecule has 7 aromatic carbocycles. The van der Waals surface area contributed by atoms with Gasteiger partial charge in [0.05, 0.1) is 0 Å². The van der Waals surface area contributed by atoms with Gasteiger partial charge in [-0.05, 0) is 283 Å². The van der Waals surface area contributed by atoms with E-state index in [1.54, 1.807) is 38.3 Å². The minimum absolute atomic E-state index is 0.188. The van der Waals surface area contributed by atoms with Crippen molar-refractivity contribution in [2.75, 3.05) is 13.1 Å². The minimum atomic E-state index is 0.188. The van der Waals surface area contributed by atoms with Gasteiger partial charge < -0.3 is 0 Å². The van der Waals surface area contributed by atoms with E-state index in [1.165, 1.54) is 160 Å². The number of hydrogen-bond acceptors (Lipinski definition) is 3. The number of halogens is 1. The Labute approximate surface area is 643 Å². The predicted molar refractivity (Wildman–Crippen MR) is 456 cm³/mol. The zero-order valence-corrected chi connectivity index (χ0v) is 70.0. The first-order valence-corrected chi connectivity index (χ1v) is 41.8. The lowest BCUT2D eigenvalue weighted by Crippen LogP contribution is -2.48. The Balaban J connectivity index is 0.000000136. The molecular weight excluding hydrogens is 1300 g/mol. The highest BCUT2D eigenvalue weighted by atomic mass is 35.5. The molecule has 1 aromatic heterocycles. The monoisotopic (exact) mass is 1430 g/mol. The van der Waals surface area contributed by atoms with Crippen LogP contribution in [0.1, 0.15) is 302 Å². The number of aryl methyl sites for hydroxylation is 1. The summed E-state index contributed by atoms with van der Waals surface area (Å²) in [6.07, 6.45) is 21.3. The fourth-order valence-electron chi connectivity index (χ4n) is 17.3. The third kappa shape index (κ3) is 21.7. The Morgan fingerprint density at radius 2 is 0.962 bits per heavy atom. The Morgan fingerprint density at radius 1 is 0.442 bits per heavy atom. The van der Waals surface area contributed by atoms with Crippen molar-refractivity contribution in [1.29, 1.82) is 0 Å². The molecule has 5 aliphatic carbocycles. The van der Waals surface area contributed by atoms with E-state index in [-0.39, 0.29) is 16.4 Å². The molecule has 2 unspecified atom stereocenters. The molecule has 7 aliphatic rings. The van der Waals surface area contributed by atoms with Gasteiger partial charge in [-0.3, -0.25) is 9.80 Å². The molecule has 104 heavy (non-hydrogen) atoms. The lowest BCUT2D eigenvalue weighted by atomic mass is 9.65. The SMILES string of the molecule is CC(C)(C)C1CC(N2CCC[C@H]2c2ccccc2C2CC2)C1.CC(C)(C)C1CCc2scc(-c3ccccc3)c2C1.CC(C)(C)N1CCCC1c1ccccc1.CC(C)(C)c1ccccc1.CC(C)(C)c1ccccc1-c1ccccc1C1CC1.CC1(C)CCC(C(C)(C)C)=C(c2ccc(Cl)cc2)C1. The molecule has 0 amide bonds. The van der Waals surface area contributed by atoms with Gasteiger partial charge in [-0.15, -0.1) is 11.3 Å². The normalized spacial score (nSPS) is 21.4. The van der Waals surface area contributed by atoms with Crippen LogP contribution in [0.3, 0.4) is 0 Å². The van der Waals surface area contributed by atoms with Crippen molar-refractivity contribution in [3.8, 4) is 22.3 Å².